The SMILES string of the molecule is CCCCCNC(=O)C(C)S(=O)c1ccc(N)cc1Cl. The lowest BCUT2D eigenvalue weighted by Crippen LogP contribution is -2.36. The molecule has 0 aliphatic rings. The van der Waals surface area contributed by atoms with Crippen LogP contribution in [0.3, 0.4) is 0 Å². The van der Waals surface area contributed by atoms with E-state index in [4.69, 9.17) is 17.3 Å². The third-order valence-corrected chi connectivity index (χ3v) is 5.01. The molecule has 3 N–H and O–H groups in total. The average Bonchev–Trinajstić information content (AvgIpc) is 2.42. The first-order chi connectivity index (χ1) is 9.47. The smallest absolute Gasteiger partial charge is 0.235 e. The second-order valence-electron chi connectivity index (χ2n) is 4.63. The van der Waals surface area contributed by atoms with E-state index in [0.29, 0.717) is 22.2 Å². The third kappa shape index (κ3) is 4.80. The lowest BCUT2D eigenvalue weighted by atomic mass is 10.2. The maximum Gasteiger partial charge on any atom is 0.235 e. The number of amides is 1. The Balaban J connectivity index is 2.64. The molecule has 0 bridgehead atoms. The molecule has 4 nitrogen and oxygen atoms in total. The third-order valence-electron chi connectivity index (χ3n) is 2.94. The van der Waals surface area contributed by atoms with Crippen molar-refractivity contribution in [1.29, 1.82) is 0 Å². The lowest BCUT2D eigenvalue weighted by molar-refractivity contribution is -0.120. The average molecular weight is 317 g/mol. The van der Waals surface area contributed by atoms with Crippen molar-refractivity contribution in [3.63, 3.8) is 0 Å². The van der Waals surface area contributed by atoms with E-state index >= 15 is 0 Å². The van der Waals surface area contributed by atoms with Crippen LogP contribution in [0.1, 0.15) is 33.1 Å². The lowest BCUT2D eigenvalue weighted by Gasteiger charge is -2.13. The molecule has 6 heteroatoms. The molecule has 2 unspecified atom stereocenters. The zero-order valence-corrected chi connectivity index (χ0v) is 13.4. The molecule has 0 fully saturated rings. The molecule has 0 aliphatic heterocycles. The van der Waals surface area contributed by atoms with Crippen molar-refractivity contribution in [2.75, 3.05) is 12.3 Å². The summed E-state index contributed by atoms with van der Waals surface area (Å²) in [5.41, 5.74) is 6.10. The highest BCUT2D eigenvalue weighted by Crippen LogP contribution is 2.24. The summed E-state index contributed by atoms with van der Waals surface area (Å²) in [6, 6.07) is 4.78. The first kappa shape index (κ1) is 17.0. The zero-order valence-electron chi connectivity index (χ0n) is 11.8. The van der Waals surface area contributed by atoms with Crippen LogP contribution in [-0.2, 0) is 15.6 Å². The Bertz CT molecular complexity index is 494. The number of hydrogen-bond acceptors (Lipinski definition) is 3. The van der Waals surface area contributed by atoms with E-state index in [1.165, 1.54) is 0 Å². The van der Waals surface area contributed by atoms with Crippen molar-refractivity contribution in [2.45, 2.75) is 43.3 Å². The molecule has 0 heterocycles. The Morgan fingerprint density at radius 1 is 1.45 bits per heavy atom. The minimum absolute atomic E-state index is 0.215. The summed E-state index contributed by atoms with van der Waals surface area (Å²) < 4.78 is 12.3. The Morgan fingerprint density at radius 2 is 2.15 bits per heavy atom. The van der Waals surface area contributed by atoms with Crippen LogP contribution in [0.4, 0.5) is 5.69 Å². The number of anilines is 1. The summed E-state index contributed by atoms with van der Waals surface area (Å²) in [4.78, 5) is 12.4. The first-order valence-electron chi connectivity index (χ1n) is 6.70. The van der Waals surface area contributed by atoms with Crippen molar-refractivity contribution in [2.24, 2.45) is 0 Å². The van der Waals surface area contributed by atoms with Crippen LogP contribution < -0.4 is 11.1 Å². The quantitative estimate of drug-likeness (QED) is 0.600. The maximum absolute atomic E-state index is 12.3. The van der Waals surface area contributed by atoms with E-state index in [0.717, 1.165) is 19.3 Å². The molecule has 1 amide bonds. The van der Waals surface area contributed by atoms with Crippen LogP contribution in [0.2, 0.25) is 5.02 Å². The summed E-state index contributed by atoms with van der Waals surface area (Å²) in [6.07, 6.45) is 3.10. The normalized spacial score (nSPS) is 13.8. The predicted molar refractivity (Wildman–Crippen MR) is 84.3 cm³/mol. The number of carbonyl (C=O) groups excluding carboxylic acids is 1. The number of nitrogens with two attached hydrogens (primary N) is 1. The van der Waals surface area contributed by atoms with Gasteiger partial charge in [0.05, 0.1) is 20.7 Å². The summed E-state index contributed by atoms with van der Waals surface area (Å²) >= 11 is 6.01. The van der Waals surface area contributed by atoms with Crippen LogP contribution in [0.5, 0.6) is 0 Å². The van der Waals surface area contributed by atoms with Crippen LogP contribution in [0.15, 0.2) is 23.1 Å². The van der Waals surface area contributed by atoms with E-state index in [9.17, 15) is 9.00 Å². The highest BCUT2D eigenvalue weighted by atomic mass is 35.5. The predicted octanol–water partition coefficient (Wildman–Crippen LogP) is 2.72. The number of nitrogens with one attached hydrogen (secondary N) is 1. The van der Waals surface area contributed by atoms with E-state index in [2.05, 4.69) is 12.2 Å². The van der Waals surface area contributed by atoms with E-state index in [1.54, 1.807) is 25.1 Å². The Hall–Kier alpha value is -1.07. The van der Waals surface area contributed by atoms with Gasteiger partial charge in [0.25, 0.3) is 0 Å². The van der Waals surface area contributed by atoms with Crippen molar-refractivity contribution in [3.8, 4) is 0 Å². The van der Waals surface area contributed by atoms with Gasteiger partial charge in [-0.25, -0.2) is 0 Å². The molecule has 1 rings (SSSR count). The summed E-state index contributed by atoms with van der Waals surface area (Å²) in [6.45, 7) is 4.35. The van der Waals surface area contributed by atoms with Crippen molar-refractivity contribution in [3.05, 3.63) is 23.2 Å². The molecule has 0 spiro atoms. The minimum Gasteiger partial charge on any atom is -0.399 e. The molecule has 1 aromatic carbocycles. The van der Waals surface area contributed by atoms with Crippen LogP contribution in [0.25, 0.3) is 0 Å². The molecule has 2 atom stereocenters. The van der Waals surface area contributed by atoms with Crippen molar-refractivity contribution in [1.82, 2.24) is 5.32 Å². The van der Waals surface area contributed by atoms with Crippen molar-refractivity contribution < 1.29 is 9.00 Å². The molecule has 0 saturated carbocycles. The van der Waals surface area contributed by atoms with Crippen LogP contribution in [0, 0.1) is 0 Å². The molecule has 0 aromatic heterocycles. The van der Waals surface area contributed by atoms with E-state index < -0.39 is 16.0 Å². The highest BCUT2D eigenvalue weighted by molar-refractivity contribution is 7.86. The zero-order chi connectivity index (χ0) is 15.1. The van der Waals surface area contributed by atoms with Crippen LogP contribution >= 0.6 is 11.6 Å². The maximum atomic E-state index is 12.3. The van der Waals surface area contributed by atoms with Gasteiger partial charge in [0.15, 0.2) is 0 Å². The minimum atomic E-state index is -1.48. The van der Waals surface area contributed by atoms with Gasteiger partial charge < -0.3 is 11.1 Å². The van der Waals surface area contributed by atoms with Gasteiger partial charge >= 0.3 is 0 Å². The molecule has 0 saturated heterocycles. The largest absolute Gasteiger partial charge is 0.399 e. The molecular weight excluding hydrogens is 296 g/mol. The second-order valence-corrected chi connectivity index (χ2v) is 6.78. The van der Waals surface area contributed by atoms with Gasteiger partial charge in [0, 0.05) is 12.2 Å². The number of rotatable bonds is 7. The standard InChI is InChI=1S/C14H21ClN2O2S/c1-3-4-5-8-17-14(18)10(2)20(19)13-7-6-11(16)9-12(13)15/h6-7,9-10H,3-5,8,16H2,1-2H3,(H,17,18). The topological polar surface area (TPSA) is 72.2 Å². The van der Waals surface area contributed by atoms with E-state index in [1.807, 2.05) is 0 Å². The number of carbonyl (C=O) groups is 1. The monoisotopic (exact) mass is 316 g/mol. The van der Waals surface area contributed by atoms with Gasteiger partial charge in [-0.15, -0.1) is 0 Å². The summed E-state index contributed by atoms with van der Waals surface area (Å²) in [5, 5.41) is 2.49. The Labute approximate surface area is 127 Å². The van der Waals surface area contributed by atoms with Crippen molar-refractivity contribution >= 4 is 34.0 Å². The van der Waals surface area contributed by atoms with Gasteiger partial charge in [-0.3, -0.25) is 9.00 Å². The van der Waals surface area contributed by atoms with Gasteiger partial charge in [-0.2, -0.15) is 0 Å². The molecule has 0 aliphatic carbocycles. The molecule has 0 radical (unpaired) electrons. The number of nitrogen functional groups attached to an aromatic ring is 1. The first-order valence-corrected chi connectivity index (χ1v) is 8.29. The Kier molecular flexibility index (Phi) is 7.02. The fourth-order valence-corrected chi connectivity index (χ4v) is 3.23. The van der Waals surface area contributed by atoms with E-state index in [-0.39, 0.29) is 5.91 Å². The fourth-order valence-electron chi connectivity index (χ4n) is 1.70. The summed E-state index contributed by atoms with van der Waals surface area (Å²) in [7, 11) is -1.48. The fraction of sp³-hybridized carbons (Fsp3) is 0.500. The molecular formula is C14H21ClN2O2S. The number of benzene rings is 1. The summed E-state index contributed by atoms with van der Waals surface area (Å²) in [5.74, 6) is -0.215. The molecule has 112 valence electrons. The van der Waals surface area contributed by atoms with Gasteiger partial charge in [-0.05, 0) is 31.5 Å². The van der Waals surface area contributed by atoms with Gasteiger partial charge in [0.2, 0.25) is 5.91 Å². The highest BCUT2D eigenvalue weighted by Gasteiger charge is 2.22. The molecule has 1 aromatic rings. The second kappa shape index (κ2) is 8.27. The Morgan fingerprint density at radius 3 is 2.75 bits per heavy atom. The number of halogens is 1. The van der Waals surface area contributed by atoms with Gasteiger partial charge in [0.1, 0.15) is 5.25 Å². The van der Waals surface area contributed by atoms with Crippen LogP contribution in [-0.4, -0.2) is 21.9 Å². The number of unbranched alkanes of at least 4 members (excludes halogenated alkanes) is 2. The van der Waals surface area contributed by atoms with Gasteiger partial charge in [-0.1, -0.05) is 31.4 Å². The number of hydrogen-bond donors (Lipinski definition) is 2. The molecule has 20 heavy (non-hydrogen) atoms.